The average Bonchev–Trinajstić information content (AvgIpc) is 3.61. The maximum Gasteiger partial charge on any atom is 0.261 e. The Balaban J connectivity index is 0.974. The Hall–Kier alpha value is -2.38. The minimum atomic E-state index is 0.0106. The number of benzene rings is 1. The van der Waals surface area contributed by atoms with Crippen molar-refractivity contribution in [2.75, 3.05) is 19.6 Å². The van der Waals surface area contributed by atoms with E-state index in [1.54, 1.807) is 6.20 Å². The molecule has 2 amide bonds. The van der Waals surface area contributed by atoms with Crippen molar-refractivity contribution in [3.05, 3.63) is 59.2 Å². The van der Waals surface area contributed by atoms with E-state index >= 15 is 0 Å². The first-order valence-electron chi connectivity index (χ1n) is 15.8. The molecule has 3 aliphatic rings. The van der Waals surface area contributed by atoms with Gasteiger partial charge < -0.3 is 10.2 Å². The Morgan fingerprint density at radius 2 is 1.73 bits per heavy atom. The summed E-state index contributed by atoms with van der Waals surface area (Å²) in [6.45, 7) is 2.50. The highest BCUT2D eigenvalue weighted by Gasteiger charge is 2.51. The summed E-state index contributed by atoms with van der Waals surface area (Å²) in [7, 11) is 0. The molecule has 1 aromatic carbocycles. The topological polar surface area (TPSA) is 62.3 Å². The molecule has 2 aromatic heterocycles. The summed E-state index contributed by atoms with van der Waals surface area (Å²) in [5.74, 6) is 1.09. The molecule has 1 N–H and O–H groups in total. The van der Waals surface area contributed by atoms with Crippen LogP contribution in [0, 0.1) is 5.92 Å². The summed E-state index contributed by atoms with van der Waals surface area (Å²) in [5.41, 5.74) is 1.47. The first-order chi connectivity index (χ1) is 20.1. The molecule has 1 unspecified atom stereocenters. The lowest BCUT2D eigenvalue weighted by molar-refractivity contribution is -0.133. The second-order valence-corrected chi connectivity index (χ2v) is 14.5. The number of nitrogens with one attached hydrogen (secondary N) is 1. The van der Waals surface area contributed by atoms with E-state index in [9.17, 15) is 9.59 Å². The Labute approximate surface area is 252 Å². The molecule has 1 saturated heterocycles. The molecule has 0 radical (unpaired) electrons. The highest BCUT2D eigenvalue weighted by atomic mass is 32.2. The van der Waals surface area contributed by atoms with Gasteiger partial charge in [0.05, 0.1) is 14.8 Å². The van der Waals surface area contributed by atoms with E-state index in [2.05, 4.69) is 39.5 Å². The molecule has 5 nitrogen and oxygen atoms in total. The number of aromatic nitrogens is 1. The van der Waals surface area contributed by atoms with Gasteiger partial charge in [-0.25, -0.2) is 0 Å². The third-order valence-electron chi connectivity index (χ3n) is 9.69. The number of amides is 2. The average molecular weight is 590 g/mol. The van der Waals surface area contributed by atoms with E-state index in [1.165, 1.54) is 66.7 Å². The van der Waals surface area contributed by atoms with Crippen LogP contribution in [0.25, 0.3) is 10.1 Å². The number of carbonyl (C=O) groups is 2. The van der Waals surface area contributed by atoms with Gasteiger partial charge in [0.25, 0.3) is 5.91 Å². The molecule has 2 fully saturated rings. The number of piperidine rings is 1. The second-order valence-electron chi connectivity index (χ2n) is 12.3. The maximum absolute atomic E-state index is 14.1. The lowest BCUT2D eigenvalue weighted by atomic mass is 9.70. The van der Waals surface area contributed by atoms with E-state index in [4.69, 9.17) is 0 Å². The van der Waals surface area contributed by atoms with Crippen molar-refractivity contribution >= 4 is 45.0 Å². The Kier molecular flexibility index (Phi) is 9.31. The van der Waals surface area contributed by atoms with Crippen LogP contribution in [-0.2, 0) is 10.2 Å². The van der Waals surface area contributed by atoms with E-state index in [0.29, 0.717) is 18.4 Å². The molecular formula is C34H43N3O2S2. The Morgan fingerprint density at radius 3 is 2.51 bits per heavy atom. The number of rotatable bonds is 7. The van der Waals surface area contributed by atoms with Gasteiger partial charge in [-0.05, 0) is 67.2 Å². The van der Waals surface area contributed by atoms with E-state index in [1.807, 2.05) is 30.1 Å². The lowest BCUT2D eigenvalue weighted by Crippen LogP contribution is -2.49. The van der Waals surface area contributed by atoms with E-state index in [-0.39, 0.29) is 16.6 Å². The number of carbonyl (C=O) groups excluding carboxylic acids is 2. The van der Waals surface area contributed by atoms with Crippen molar-refractivity contribution in [3.63, 3.8) is 0 Å². The molecule has 4 heterocycles. The zero-order valence-corrected chi connectivity index (χ0v) is 25.7. The standard InChI is InChI=1S/C34H43N3O2S2/c38-32(29-23-26-14-20-35-24-30(26)40-29)36-19-10-7-11-25-15-21-37(22-16-25)33(39)31-34(17-8-3-1-2-4-9-18-34)27-12-5-6-13-28(27)41-31/h5-6,12-14,20,23-25,31H,1-4,7-11,15-19,21-22H2,(H,36,38). The monoisotopic (exact) mass is 589 g/mol. The molecule has 1 saturated carbocycles. The van der Waals surface area contributed by atoms with Gasteiger partial charge in [0.15, 0.2) is 0 Å². The van der Waals surface area contributed by atoms with Gasteiger partial charge in [-0.15, -0.1) is 23.1 Å². The quantitative estimate of drug-likeness (QED) is 0.284. The summed E-state index contributed by atoms with van der Waals surface area (Å²) in [5, 5.41) is 4.21. The molecule has 6 rings (SSSR count). The number of pyridine rings is 1. The zero-order chi connectivity index (χ0) is 28.1. The zero-order valence-electron chi connectivity index (χ0n) is 24.1. The third-order valence-corrected chi connectivity index (χ3v) is 12.3. The number of thiophene rings is 1. The minimum absolute atomic E-state index is 0.0106. The lowest BCUT2D eigenvalue weighted by Gasteiger charge is -2.40. The van der Waals surface area contributed by atoms with Crippen molar-refractivity contribution in [1.82, 2.24) is 15.2 Å². The summed E-state index contributed by atoms with van der Waals surface area (Å²) in [4.78, 5) is 35.1. The fraction of sp³-hybridized carbons (Fsp3) is 0.559. The molecular weight excluding hydrogens is 547 g/mol. The van der Waals surface area contributed by atoms with Crippen LogP contribution in [0.1, 0.15) is 98.7 Å². The van der Waals surface area contributed by atoms with E-state index in [0.717, 1.165) is 66.6 Å². The third kappa shape index (κ3) is 6.36. The minimum Gasteiger partial charge on any atom is -0.351 e. The predicted molar refractivity (Wildman–Crippen MR) is 170 cm³/mol. The van der Waals surface area contributed by atoms with Crippen LogP contribution < -0.4 is 5.32 Å². The first kappa shape index (κ1) is 28.7. The van der Waals surface area contributed by atoms with Gasteiger partial charge in [0, 0.05) is 42.3 Å². The second kappa shape index (κ2) is 13.3. The number of hydrogen-bond acceptors (Lipinski definition) is 5. The van der Waals surface area contributed by atoms with Crippen LogP contribution in [0.5, 0.6) is 0 Å². The number of nitrogens with zero attached hydrogens (tertiary/aromatic N) is 2. The van der Waals surface area contributed by atoms with Crippen molar-refractivity contribution in [3.8, 4) is 0 Å². The van der Waals surface area contributed by atoms with Crippen molar-refractivity contribution in [1.29, 1.82) is 0 Å². The smallest absolute Gasteiger partial charge is 0.261 e. The molecule has 218 valence electrons. The SMILES string of the molecule is O=C(NCCCCC1CCN(C(=O)C2Sc3ccccc3C23CCCCCCCC3)CC1)c1cc2ccncc2s1. The normalized spacial score (nSPS) is 21.3. The molecule has 1 aliphatic carbocycles. The molecule has 2 aliphatic heterocycles. The Morgan fingerprint density at radius 1 is 0.976 bits per heavy atom. The number of unbranched alkanes of at least 4 members (excludes halogenated alkanes) is 1. The number of thioether (sulfide) groups is 1. The number of fused-ring (bicyclic) bond motifs is 3. The summed E-state index contributed by atoms with van der Waals surface area (Å²) in [6, 6.07) is 12.8. The number of hydrogen-bond donors (Lipinski definition) is 1. The molecule has 7 heteroatoms. The highest BCUT2D eigenvalue weighted by Crippen LogP contribution is 2.55. The van der Waals surface area contributed by atoms with Gasteiger partial charge in [-0.2, -0.15) is 0 Å². The van der Waals surface area contributed by atoms with Gasteiger partial charge >= 0.3 is 0 Å². The van der Waals surface area contributed by atoms with Crippen molar-refractivity contribution in [2.45, 2.75) is 99.0 Å². The summed E-state index contributed by atoms with van der Waals surface area (Å²) < 4.78 is 1.05. The van der Waals surface area contributed by atoms with E-state index < -0.39 is 0 Å². The van der Waals surface area contributed by atoms with Crippen LogP contribution in [-0.4, -0.2) is 46.6 Å². The Bertz CT molecular complexity index is 1300. The van der Waals surface area contributed by atoms with Gasteiger partial charge in [-0.3, -0.25) is 14.6 Å². The fourth-order valence-corrected chi connectivity index (χ4v) is 9.94. The predicted octanol–water partition coefficient (Wildman–Crippen LogP) is 7.98. The highest BCUT2D eigenvalue weighted by molar-refractivity contribution is 8.01. The molecule has 3 aromatic rings. The summed E-state index contributed by atoms with van der Waals surface area (Å²) in [6.07, 6.45) is 19.1. The maximum atomic E-state index is 14.1. The fourth-order valence-electron chi connectivity index (χ4n) is 7.34. The van der Waals surface area contributed by atoms with Crippen LogP contribution in [0.4, 0.5) is 0 Å². The van der Waals surface area contributed by atoms with Crippen LogP contribution >= 0.6 is 23.1 Å². The van der Waals surface area contributed by atoms with Crippen molar-refractivity contribution < 1.29 is 9.59 Å². The molecule has 1 atom stereocenters. The first-order valence-corrected chi connectivity index (χ1v) is 17.5. The van der Waals surface area contributed by atoms with Crippen LogP contribution in [0.2, 0.25) is 0 Å². The largest absolute Gasteiger partial charge is 0.351 e. The van der Waals surface area contributed by atoms with Gasteiger partial charge in [0.2, 0.25) is 5.91 Å². The van der Waals surface area contributed by atoms with Crippen LogP contribution in [0.15, 0.2) is 53.7 Å². The number of likely N-dealkylation sites (tertiary alicyclic amines) is 1. The van der Waals surface area contributed by atoms with Crippen molar-refractivity contribution in [2.24, 2.45) is 5.92 Å². The molecule has 41 heavy (non-hydrogen) atoms. The van der Waals surface area contributed by atoms with Crippen LogP contribution in [0.3, 0.4) is 0 Å². The molecule has 0 bridgehead atoms. The molecule has 1 spiro atoms. The summed E-state index contributed by atoms with van der Waals surface area (Å²) >= 11 is 3.36. The van der Waals surface area contributed by atoms with Gasteiger partial charge in [0.1, 0.15) is 0 Å². The van der Waals surface area contributed by atoms with Gasteiger partial charge in [-0.1, -0.05) is 69.6 Å².